The zero-order chi connectivity index (χ0) is 35.4. The number of hydrogen-bond donors (Lipinski definition) is 5. The Morgan fingerprint density at radius 3 is 2.43 bits per heavy atom. The third kappa shape index (κ3) is 6.38. The van der Waals surface area contributed by atoms with Crippen molar-refractivity contribution in [3.05, 3.63) is 22.8 Å². The monoisotopic (exact) mass is 690 g/mol. The Kier molecular flexibility index (Phi) is 10.9. The molecule has 0 aromatic carbocycles. The molecule has 11 heteroatoms. The predicted octanol–water partition coefficient (Wildman–Crippen LogP) is 2.99. The highest BCUT2D eigenvalue weighted by Gasteiger charge is 2.63. The number of cyclic esters (lactones) is 1. The Bertz CT molecular complexity index is 1310. The van der Waals surface area contributed by atoms with E-state index in [9.17, 15) is 35.1 Å². The number of ketones is 1. The quantitative estimate of drug-likeness (QED) is 0.130. The number of esters is 1. The molecule has 0 unspecified atom stereocenters. The van der Waals surface area contributed by atoms with Crippen molar-refractivity contribution in [2.24, 2.45) is 40.4 Å². The van der Waals surface area contributed by atoms with Gasteiger partial charge in [-0.2, -0.15) is 0 Å². The van der Waals surface area contributed by atoms with Crippen molar-refractivity contribution in [1.82, 2.24) is 0 Å². The lowest BCUT2D eigenvalue weighted by Crippen LogP contribution is -2.59. The van der Waals surface area contributed by atoms with Gasteiger partial charge in [-0.3, -0.25) is 4.79 Å². The number of rotatable bonds is 10. The fraction of sp³-hybridized carbons (Fsp3) is 0.842. The first-order valence-electron chi connectivity index (χ1n) is 18.6. The van der Waals surface area contributed by atoms with E-state index in [4.69, 9.17) is 18.9 Å². The summed E-state index contributed by atoms with van der Waals surface area (Å²) in [6.07, 6.45) is 1.40. The molecule has 0 radical (unpaired) electrons. The fourth-order valence-electron chi connectivity index (χ4n) is 10.8. The van der Waals surface area contributed by atoms with Gasteiger partial charge >= 0.3 is 5.97 Å². The molecule has 49 heavy (non-hydrogen) atoms. The van der Waals surface area contributed by atoms with Crippen LogP contribution < -0.4 is 0 Å². The maximum atomic E-state index is 13.9. The standard InChI is InChI=1S/C38H58O11/c1-6-7-12-46-22-14-21-15-27(40)31-25-9-8-24(37(25,4)11-10-26(31)38(21,5)30(41)16-22)20(3)28-13-19(2)23(35(45)48-28)18-47-36-34(44)33(43)32(42)29(17-39)49-36/h15,20,22,24-29,31-34,36,39-40,42-44H,6-14,16-18H2,1-5H3/t20-,22+,24+,25-,26-,27+,28+,29+,31-,32+,33-,34+,36+,37+,38-/m0/s1. The van der Waals surface area contributed by atoms with Crippen molar-refractivity contribution >= 4 is 11.8 Å². The zero-order valence-electron chi connectivity index (χ0n) is 29.8. The first kappa shape index (κ1) is 37.1. The number of aliphatic hydroxyl groups excluding tert-OH is 5. The van der Waals surface area contributed by atoms with Crippen LogP contribution in [0, 0.1) is 40.4 Å². The third-order valence-electron chi connectivity index (χ3n) is 13.9. The van der Waals surface area contributed by atoms with Crippen LogP contribution in [0.2, 0.25) is 0 Å². The summed E-state index contributed by atoms with van der Waals surface area (Å²) in [5.41, 5.74) is 1.58. The fourth-order valence-corrected chi connectivity index (χ4v) is 10.8. The summed E-state index contributed by atoms with van der Waals surface area (Å²) in [5.74, 6) is 0.471. The topological polar surface area (TPSA) is 172 Å². The van der Waals surface area contributed by atoms with Gasteiger partial charge in [0, 0.05) is 19.4 Å². The van der Waals surface area contributed by atoms with Crippen LogP contribution >= 0.6 is 0 Å². The third-order valence-corrected chi connectivity index (χ3v) is 13.9. The summed E-state index contributed by atoms with van der Waals surface area (Å²) in [5, 5.41) is 51.7. The van der Waals surface area contributed by atoms with Crippen LogP contribution in [0.25, 0.3) is 0 Å². The molecule has 0 aromatic rings. The molecule has 2 heterocycles. The molecular formula is C38H58O11. The number of carbonyl (C=O) groups excluding carboxylic acids is 2. The van der Waals surface area contributed by atoms with Gasteiger partial charge in [0.2, 0.25) is 0 Å². The normalized spacial score (nSPS) is 46.0. The molecule has 6 aliphatic rings. The average molecular weight is 691 g/mol. The molecule has 0 spiro atoms. The molecule has 3 saturated carbocycles. The van der Waals surface area contributed by atoms with E-state index >= 15 is 0 Å². The Morgan fingerprint density at radius 2 is 1.73 bits per heavy atom. The first-order valence-corrected chi connectivity index (χ1v) is 18.6. The minimum atomic E-state index is -1.57. The van der Waals surface area contributed by atoms with Gasteiger partial charge in [-0.15, -0.1) is 0 Å². The summed E-state index contributed by atoms with van der Waals surface area (Å²) < 4.78 is 23.3. The van der Waals surface area contributed by atoms with Gasteiger partial charge in [-0.1, -0.05) is 44.4 Å². The minimum absolute atomic E-state index is 0.00733. The lowest BCUT2D eigenvalue weighted by molar-refractivity contribution is -0.299. The van der Waals surface area contributed by atoms with E-state index in [2.05, 4.69) is 27.7 Å². The summed E-state index contributed by atoms with van der Waals surface area (Å²) in [7, 11) is 0. The molecule has 6 rings (SSSR count). The minimum Gasteiger partial charge on any atom is -0.458 e. The van der Waals surface area contributed by atoms with Crippen molar-refractivity contribution in [3.63, 3.8) is 0 Å². The smallest absolute Gasteiger partial charge is 0.336 e. The average Bonchev–Trinajstić information content (AvgIpc) is 3.42. The van der Waals surface area contributed by atoms with Gasteiger partial charge in [0.15, 0.2) is 6.29 Å². The van der Waals surface area contributed by atoms with Crippen molar-refractivity contribution in [2.45, 2.75) is 141 Å². The molecule has 11 nitrogen and oxygen atoms in total. The molecule has 0 amide bonds. The first-order chi connectivity index (χ1) is 23.3. The maximum Gasteiger partial charge on any atom is 0.336 e. The molecule has 15 atom stereocenters. The van der Waals surface area contributed by atoms with Gasteiger partial charge in [0.25, 0.3) is 0 Å². The number of ether oxygens (including phenoxy) is 4. The van der Waals surface area contributed by atoms with Crippen molar-refractivity contribution < 1.29 is 54.1 Å². The van der Waals surface area contributed by atoms with E-state index in [0.717, 1.165) is 49.7 Å². The van der Waals surface area contributed by atoms with Crippen LogP contribution in [0.1, 0.15) is 92.4 Å². The van der Waals surface area contributed by atoms with Gasteiger partial charge in [0.05, 0.1) is 36.4 Å². The van der Waals surface area contributed by atoms with Crippen molar-refractivity contribution in [1.29, 1.82) is 0 Å². The van der Waals surface area contributed by atoms with Crippen molar-refractivity contribution in [2.75, 3.05) is 19.8 Å². The summed E-state index contributed by atoms with van der Waals surface area (Å²) in [6.45, 7) is 10.5. The number of unbranched alkanes of at least 4 members (excludes halogenated alkanes) is 1. The van der Waals surface area contributed by atoms with Crippen LogP contribution in [0.4, 0.5) is 0 Å². The number of carbonyl (C=O) groups is 2. The molecule has 2 aliphatic heterocycles. The Balaban J connectivity index is 1.13. The van der Waals surface area contributed by atoms with Crippen molar-refractivity contribution in [3.8, 4) is 0 Å². The summed E-state index contributed by atoms with van der Waals surface area (Å²) >= 11 is 0. The molecule has 0 bridgehead atoms. The zero-order valence-corrected chi connectivity index (χ0v) is 29.8. The highest BCUT2D eigenvalue weighted by molar-refractivity contribution is 5.91. The molecular weight excluding hydrogens is 632 g/mol. The Morgan fingerprint density at radius 1 is 0.980 bits per heavy atom. The molecule has 4 fully saturated rings. The maximum absolute atomic E-state index is 13.9. The second kappa shape index (κ2) is 14.4. The van der Waals surface area contributed by atoms with Crippen LogP contribution in [-0.2, 0) is 28.5 Å². The predicted molar refractivity (Wildman–Crippen MR) is 178 cm³/mol. The van der Waals surface area contributed by atoms with Gasteiger partial charge in [0.1, 0.15) is 36.3 Å². The Hall–Kier alpha value is -1.70. The highest BCUT2D eigenvalue weighted by atomic mass is 16.7. The number of hydrogen-bond acceptors (Lipinski definition) is 11. The largest absolute Gasteiger partial charge is 0.458 e. The second-order valence-electron chi connectivity index (χ2n) is 16.4. The molecule has 0 aromatic heterocycles. The summed E-state index contributed by atoms with van der Waals surface area (Å²) in [6, 6.07) is 0. The summed E-state index contributed by atoms with van der Waals surface area (Å²) in [4.78, 5) is 27.2. The van der Waals surface area contributed by atoms with E-state index in [-0.39, 0.29) is 59.6 Å². The lowest BCUT2D eigenvalue weighted by atomic mass is 9.46. The van der Waals surface area contributed by atoms with Crippen LogP contribution in [0.5, 0.6) is 0 Å². The molecule has 276 valence electrons. The van der Waals surface area contributed by atoms with Gasteiger partial charge < -0.3 is 44.5 Å². The van der Waals surface area contributed by atoms with E-state index in [1.165, 1.54) is 0 Å². The highest BCUT2D eigenvalue weighted by Crippen LogP contribution is 2.67. The molecule has 4 aliphatic carbocycles. The molecule has 5 N–H and O–H groups in total. The van der Waals surface area contributed by atoms with Crippen LogP contribution in [0.3, 0.4) is 0 Å². The Labute approximate surface area is 290 Å². The number of aliphatic hydroxyl groups is 5. The van der Waals surface area contributed by atoms with Crippen LogP contribution in [-0.4, -0.2) is 106 Å². The van der Waals surface area contributed by atoms with Gasteiger partial charge in [-0.05, 0) is 87.4 Å². The lowest BCUT2D eigenvalue weighted by Gasteiger charge is -2.59. The van der Waals surface area contributed by atoms with E-state index in [1.54, 1.807) is 0 Å². The van der Waals surface area contributed by atoms with E-state index < -0.39 is 54.8 Å². The van der Waals surface area contributed by atoms with Gasteiger partial charge in [-0.25, -0.2) is 4.79 Å². The SMILES string of the molecule is CCCCO[C@H]1CC(=O)[C@@]2(C)C(=C[C@@H](O)[C@@H]3[C@@H]2CC[C@]2(C)[C@@H]([C@H](C)[C@H]4CC(C)=C(CO[C@@H]5O[C@H](CO)[C@@H](O)[C@H](O)[C@H]5O)C(=O)O4)CC[C@@H]32)C1. The van der Waals surface area contributed by atoms with Crippen LogP contribution in [0.15, 0.2) is 22.8 Å². The van der Waals surface area contributed by atoms with E-state index in [1.807, 2.05) is 13.0 Å². The van der Waals surface area contributed by atoms with E-state index in [0.29, 0.717) is 31.4 Å². The molecule has 1 saturated heterocycles. The second-order valence-corrected chi connectivity index (χ2v) is 16.4. The number of Topliss-reactive ketones (excluding diaryl/α,β-unsaturated/α-hetero) is 1. The number of fused-ring (bicyclic) bond motifs is 5.